The number of carbonyl (C=O) groups is 2. The summed E-state index contributed by atoms with van der Waals surface area (Å²) in [6, 6.07) is -0.872. The Morgan fingerprint density at radius 3 is 2.47 bits per heavy atom. The van der Waals surface area contributed by atoms with Crippen LogP contribution in [0.4, 0.5) is 0 Å². The van der Waals surface area contributed by atoms with E-state index in [9.17, 15) is 9.59 Å². The van der Waals surface area contributed by atoms with Gasteiger partial charge in [0.2, 0.25) is 5.91 Å². The highest BCUT2D eigenvalue weighted by molar-refractivity contribution is 5.84. The van der Waals surface area contributed by atoms with Crippen molar-refractivity contribution in [1.29, 1.82) is 0 Å². The highest BCUT2D eigenvalue weighted by atomic mass is 16.5. The van der Waals surface area contributed by atoms with Crippen LogP contribution in [0.2, 0.25) is 0 Å². The molecule has 88 valence electrons. The smallest absolute Gasteiger partial charge is 0.326 e. The number of aliphatic carboxylic acids is 1. The van der Waals surface area contributed by atoms with Crippen LogP contribution in [0.5, 0.6) is 0 Å². The maximum absolute atomic E-state index is 11.1. The van der Waals surface area contributed by atoms with E-state index in [1.165, 1.54) is 7.11 Å². The van der Waals surface area contributed by atoms with Crippen LogP contribution < -0.4 is 5.32 Å². The Balaban J connectivity index is 3.93. The normalized spacial score (nSPS) is 12.1. The van der Waals surface area contributed by atoms with Crippen LogP contribution in [0.25, 0.3) is 0 Å². The fraction of sp³-hybridized carbons (Fsp3) is 0.778. The Kier molecular flexibility index (Phi) is 7.57. The van der Waals surface area contributed by atoms with Crippen LogP contribution in [0.15, 0.2) is 0 Å². The van der Waals surface area contributed by atoms with Gasteiger partial charge in [0, 0.05) is 20.8 Å². The van der Waals surface area contributed by atoms with Gasteiger partial charge in [-0.15, -0.1) is 0 Å². The molecular weight excluding hydrogens is 202 g/mol. The topological polar surface area (TPSA) is 84.9 Å². The molecule has 0 aromatic carbocycles. The second-order valence-electron chi connectivity index (χ2n) is 3.03. The van der Waals surface area contributed by atoms with Crippen LogP contribution in [0, 0.1) is 0 Å². The fourth-order valence-corrected chi connectivity index (χ4v) is 1.06. The number of carbonyl (C=O) groups excluding carboxylic acids is 1. The van der Waals surface area contributed by atoms with Gasteiger partial charge in [0.1, 0.15) is 12.6 Å². The lowest BCUT2D eigenvalue weighted by Crippen LogP contribution is -2.42. The SMILES string of the molecule is COCCCC(NC(=O)COC)C(=O)O. The summed E-state index contributed by atoms with van der Waals surface area (Å²) in [7, 11) is 2.92. The Bertz CT molecular complexity index is 207. The predicted octanol–water partition coefficient (Wildman–Crippen LogP) is -0.371. The summed E-state index contributed by atoms with van der Waals surface area (Å²) in [5, 5.41) is 11.2. The molecule has 0 rings (SSSR count). The molecule has 0 saturated carbocycles. The standard InChI is InChI=1S/C9H17NO5/c1-14-5-3-4-7(9(12)13)10-8(11)6-15-2/h7H,3-6H2,1-2H3,(H,10,11)(H,12,13). The first-order valence-electron chi connectivity index (χ1n) is 4.61. The third-order valence-electron chi connectivity index (χ3n) is 1.75. The minimum atomic E-state index is -1.05. The third-order valence-corrected chi connectivity index (χ3v) is 1.75. The maximum atomic E-state index is 11.1. The van der Waals surface area contributed by atoms with E-state index in [0.29, 0.717) is 19.4 Å². The number of carboxylic acids is 1. The molecule has 0 aliphatic heterocycles. The first kappa shape index (κ1) is 13.9. The van der Waals surface area contributed by atoms with Crippen molar-refractivity contribution < 1.29 is 24.2 Å². The lowest BCUT2D eigenvalue weighted by Gasteiger charge is -2.13. The number of amides is 1. The highest BCUT2D eigenvalue weighted by Crippen LogP contribution is 1.98. The molecule has 2 N–H and O–H groups in total. The first-order valence-corrected chi connectivity index (χ1v) is 4.61. The van der Waals surface area contributed by atoms with Crippen molar-refractivity contribution in [3.63, 3.8) is 0 Å². The number of rotatable bonds is 8. The molecule has 0 aliphatic carbocycles. The van der Waals surface area contributed by atoms with Crippen LogP contribution >= 0.6 is 0 Å². The Morgan fingerprint density at radius 1 is 1.33 bits per heavy atom. The zero-order valence-electron chi connectivity index (χ0n) is 8.99. The average Bonchev–Trinajstić information content (AvgIpc) is 2.16. The highest BCUT2D eigenvalue weighted by Gasteiger charge is 2.18. The molecule has 1 atom stereocenters. The van der Waals surface area contributed by atoms with E-state index in [4.69, 9.17) is 9.84 Å². The summed E-state index contributed by atoms with van der Waals surface area (Å²) in [4.78, 5) is 21.8. The summed E-state index contributed by atoms with van der Waals surface area (Å²) in [5.41, 5.74) is 0. The summed E-state index contributed by atoms with van der Waals surface area (Å²) in [6.45, 7) is 0.345. The third kappa shape index (κ3) is 6.87. The minimum Gasteiger partial charge on any atom is -0.480 e. The van der Waals surface area contributed by atoms with Crippen LogP contribution in [0.1, 0.15) is 12.8 Å². The molecule has 0 spiro atoms. The molecule has 0 aromatic rings. The molecule has 6 nitrogen and oxygen atoms in total. The van der Waals surface area contributed by atoms with Gasteiger partial charge in [-0.1, -0.05) is 0 Å². The van der Waals surface area contributed by atoms with Crippen molar-refractivity contribution in [3.05, 3.63) is 0 Å². The lowest BCUT2D eigenvalue weighted by atomic mass is 10.1. The Hall–Kier alpha value is -1.14. The first-order chi connectivity index (χ1) is 7.11. The van der Waals surface area contributed by atoms with Crippen molar-refractivity contribution in [2.45, 2.75) is 18.9 Å². The summed E-state index contributed by atoms with van der Waals surface area (Å²) >= 11 is 0. The summed E-state index contributed by atoms with van der Waals surface area (Å²) in [6.07, 6.45) is 0.930. The van der Waals surface area contributed by atoms with Gasteiger partial charge >= 0.3 is 5.97 Å². The average molecular weight is 219 g/mol. The van der Waals surface area contributed by atoms with E-state index in [-0.39, 0.29) is 6.61 Å². The second kappa shape index (κ2) is 8.19. The Morgan fingerprint density at radius 2 is 2.00 bits per heavy atom. The molecular formula is C9H17NO5. The van der Waals surface area contributed by atoms with Crippen molar-refractivity contribution >= 4 is 11.9 Å². The van der Waals surface area contributed by atoms with Gasteiger partial charge in [0.25, 0.3) is 0 Å². The molecule has 0 aromatic heterocycles. The van der Waals surface area contributed by atoms with Crippen molar-refractivity contribution in [2.24, 2.45) is 0 Å². The number of ether oxygens (including phenoxy) is 2. The molecule has 6 heteroatoms. The molecule has 1 amide bonds. The zero-order valence-corrected chi connectivity index (χ0v) is 8.99. The van der Waals surface area contributed by atoms with E-state index >= 15 is 0 Å². The zero-order chi connectivity index (χ0) is 11.7. The van der Waals surface area contributed by atoms with Crippen molar-refractivity contribution in [3.8, 4) is 0 Å². The maximum Gasteiger partial charge on any atom is 0.326 e. The van der Waals surface area contributed by atoms with Crippen LogP contribution in [-0.2, 0) is 19.1 Å². The van der Waals surface area contributed by atoms with Crippen molar-refractivity contribution in [1.82, 2.24) is 5.32 Å². The summed E-state index contributed by atoms with van der Waals surface area (Å²) in [5.74, 6) is -1.47. The predicted molar refractivity (Wildman–Crippen MR) is 52.6 cm³/mol. The van der Waals surface area contributed by atoms with E-state index < -0.39 is 17.9 Å². The molecule has 15 heavy (non-hydrogen) atoms. The van der Waals surface area contributed by atoms with E-state index in [0.717, 1.165) is 0 Å². The van der Waals surface area contributed by atoms with Gasteiger partial charge in [-0.25, -0.2) is 4.79 Å². The summed E-state index contributed by atoms with van der Waals surface area (Å²) < 4.78 is 9.37. The molecule has 1 unspecified atom stereocenters. The second-order valence-corrected chi connectivity index (χ2v) is 3.03. The van der Waals surface area contributed by atoms with Crippen molar-refractivity contribution in [2.75, 3.05) is 27.4 Å². The van der Waals surface area contributed by atoms with E-state index in [1.807, 2.05) is 0 Å². The van der Waals surface area contributed by atoms with Gasteiger partial charge in [-0.2, -0.15) is 0 Å². The molecule has 0 fully saturated rings. The minimum absolute atomic E-state index is 0.131. The molecule has 0 bridgehead atoms. The molecule has 0 heterocycles. The number of nitrogens with one attached hydrogen (secondary N) is 1. The van der Waals surface area contributed by atoms with Gasteiger partial charge < -0.3 is 19.9 Å². The largest absolute Gasteiger partial charge is 0.480 e. The lowest BCUT2D eigenvalue weighted by molar-refractivity contribution is -0.142. The monoisotopic (exact) mass is 219 g/mol. The molecule has 0 aliphatic rings. The fourth-order valence-electron chi connectivity index (χ4n) is 1.06. The van der Waals surface area contributed by atoms with Gasteiger partial charge in [-0.3, -0.25) is 4.79 Å². The number of hydrogen-bond donors (Lipinski definition) is 2. The number of hydrogen-bond acceptors (Lipinski definition) is 4. The van der Waals surface area contributed by atoms with Gasteiger partial charge in [-0.05, 0) is 12.8 Å². The van der Waals surface area contributed by atoms with Crippen LogP contribution in [-0.4, -0.2) is 50.5 Å². The quantitative estimate of drug-likeness (QED) is 0.544. The van der Waals surface area contributed by atoms with E-state index in [1.54, 1.807) is 7.11 Å². The Labute approximate surface area is 88.6 Å². The van der Waals surface area contributed by atoms with Gasteiger partial charge in [0.15, 0.2) is 0 Å². The van der Waals surface area contributed by atoms with Crippen LogP contribution in [0.3, 0.4) is 0 Å². The number of methoxy groups -OCH3 is 2. The molecule has 0 radical (unpaired) electrons. The molecule has 0 saturated heterocycles. The number of carboxylic acid groups (broad SMARTS) is 1. The van der Waals surface area contributed by atoms with Gasteiger partial charge in [0.05, 0.1) is 0 Å². The van der Waals surface area contributed by atoms with E-state index in [2.05, 4.69) is 10.1 Å².